The van der Waals surface area contributed by atoms with Crippen LogP contribution in [0.25, 0.3) is 10.8 Å². The number of nitrogens with zero attached hydrogens (tertiary/aromatic N) is 2. The van der Waals surface area contributed by atoms with Gasteiger partial charge in [-0.2, -0.15) is 0 Å². The Morgan fingerprint density at radius 2 is 1.91 bits per heavy atom. The Hall–Kier alpha value is -3.45. The van der Waals surface area contributed by atoms with Gasteiger partial charge in [-0.15, -0.1) is 0 Å². The number of nitrogens with two attached hydrogens (primary N) is 1. The van der Waals surface area contributed by atoms with Gasteiger partial charge in [0.2, 0.25) is 11.8 Å². The number of anilines is 1. The fraction of sp³-hybridized carbons (Fsp3) is 0.346. The zero-order chi connectivity index (χ0) is 23.0. The van der Waals surface area contributed by atoms with Crippen molar-refractivity contribution in [3.8, 4) is 0 Å². The topological polar surface area (TPSA) is 100 Å². The van der Waals surface area contributed by atoms with Gasteiger partial charge in [0.1, 0.15) is 11.9 Å². The molecule has 2 amide bonds. The van der Waals surface area contributed by atoms with Crippen molar-refractivity contribution in [2.75, 3.05) is 25.4 Å². The second-order valence-electron chi connectivity index (χ2n) is 8.48. The Balaban J connectivity index is 1.29. The van der Waals surface area contributed by atoms with Crippen molar-refractivity contribution >= 4 is 28.4 Å². The van der Waals surface area contributed by atoms with E-state index in [1.54, 1.807) is 11.1 Å². The van der Waals surface area contributed by atoms with E-state index in [1.807, 2.05) is 42.5 Å². The Morgan fingerprint density at radius 3 is 2.76 bits per heavy atom. The molecule has 0 aliphatic carbocycles. The summed E-state index contributed by atoms with van der Waals surface area (Å²) in [5, 5.41) is 8.14. The Morgan fingerprint density at radius 1 is 1.06 bits per heavy atom. The second kappa shape index (κ2) is 10.9. The summed E-state index contributed by atoms with van der Waals surface area (Å²) in [6.45, 7) is 2.00. The van der Waals surface area contributed by atoms with Crippen LogP contribution in [-0.2, 0) is 22.6 Å². The third-order valence-electron chi connectivity index (χ3n) is 6.16. The van der Waals surface area contributed by atoms with Crippen LogP contribution in [0.2, 0.25) is 0 Å². The number of carbonyl (C=O) groups is 2. The average molecular weight is 446 g/mol. The van der Waals surface area contributed by atoms with Gasteiger partial charge < -0.3 is 21.3 Å². The zero-order valence-corrected chi connectivity index (χ0v) is 18.8. The molecule has 2 aromatic carbocycles. The molecule has 172 valence electrons. The van der Waals surface area contributed by atoms with Crippen LogP contribution < -0.4 is 16.4 Å². The van der Waals surface area contributed by atoms with Gasteiger partial charge in [-0.25, -0.2) is 4.98 Å². The molecule has 3 aromatic rings. The smallest absolute Gasteiger partial charge is 0.243 e. The number of fused-ring (bicyclic) bond motifs is 1. The first-order valence-electron chi connectivity index (χ1n) is 11.6. The standard InChI is InChI=1S/C26H31N5O2/c27-25-22-10-9-20(16-21(22)12-14-29-25)17-30-26(33)23-8-4-5-15-31(23)24(32)18-28-13-11-19-6-2-1-3-7-19/h1-3,6-7,9-10,12,14,16,23,28H,4-5,8,11,13,15,17-18H2,(H2,27,29)(H,30,33)/t23-/m0/s1. The van der Waals surface area contributed by atoms with Crippen molar-refractivity contribution in [1.82, 2.24) is 20.5 Å². The molecule has 0 unspecified atom stereocenters. The first kappa shape index (κ1) is 22.7. The molecular weight excluding hydrogens is 414 g/mol. The van der Waals surface area contributed by atoms with Crippen LogP contribution in [0, 0.1) is 0 Å². The lowest BCUT2D eigenvalue weighted by atomic mass is 10.0. The normalized spacial score (nSPS) is 16.0. The average Bonchev–Trinajstić information content (AvgIpc) is 2.86. The van der Waals surface area contributed by atoms with Crippen molar-refractivity contribution in [2.24, 2.45) is 0 Å². The van der Waals surface area contributed by atoms with Crippen LogP contribution in [0.15, 0.2) is 60.8 Å². The Kier molecular flexibility index (Phi) is 7.52. The second-order valence-corrected chi connectivity index (χ2v) is 8.48. The molecule has 0 bridgehead atoms. The fourth-order valence-electron chi connectivity index (χ4n) is 4.34. The number of nitrogens with one attached hydrogen (secondary N) is 2. The van der Waals surface area contributed by atoms with Crippen LogP contribution in [-0.4, -0.2) is 47.4 Å². The van der Waals surface area contributed by atoms with Crippen LogP contribution >= 0.6 is 0 Å². The third-order valence-corrected chi connectivity index (χ3v) is 6.16. The zero-order valence-electron chi connectivity index (χ0n) is 18.8. The van der Waals surface area contributed by atoms with Gasteiger partial charge in [0.15, 0.2) is 0 Å². The molecule has 7 heteroatoms. The fourth-order valence-corrected chi connectivity index (χ4v) is 4.34. The number of hydrogen-bond donors (Lipinski definition) is 3. The van der Waals surface area contributed by atoms with Crippen molar-refractivity contribution in [1.29, 1.82) is 0 Å². The Bertz CT molecular complexity index is 1100. The summed E-state index contributed by atoms with van der Waals surface area (Å²) < 4.78 is 0. The molecule has 7 nitrogen and oxygen atoms in total. The summed E-state index contributed by atoms with van der Waals surface area (Å²) in [4.78, 5) is 31.6. The van der Waals surface area contributed by atoms with E-state index in [-0.39, 0.29) is 18.4 Å². The van der Waals surface area contributed by atoms with E-state index in [1.165, 1.54) is 5.56 Å². The summed E-state index contributed by atoms with van der Waals surface area (Å²) in [6.07, 6.45) is 5.12. The van der Waals surface area contributed by atoms with Crippen LogP contribution in [0.1, 0.15) is 30.4 Å². The van der Waals surface area contributed by atoms with Crippen LogP contribution in [0.3, 0.4) is 0 Å². The van der Waals surface area contributed by atoms with Crippen molar-refractivity contribution in [3.05, 3.63) is 71.9 Å². The highest BCUT2D eigenvalue weighted by Gasteiger charge is 2.31. The highest BCUT2D eigenvalue weighted by molar-refractivity contribution is 5.91. The molecular formula is C26H31N5O2. The molecule has 2 heterocycles. The summed E-state index contributed by atoms with van der Waals surface area (Å²) in [7, 11) is 0. The minimum Gasteiger partial charge on any atom is -0.383 e. The monoisotopic (exact) mass is 445 g/mol. The van der Waals surface area contributed by atoms with E-state index >= 15 is 0 Å². The summed E-state index contributed by atoms with van der Waals surface area (Å²) in [5.74, 6) is 0.384. The number of carbonyl (C=O) groups excluding carboxylic acids is 2. The van der Waals surface area contributed by atoms with E-state index in [4.69, 9.17) is 5.73 Å². The van der Waals surface area contributed by atoms with Crippen molar-refractivity contribution in [3.63, 3.8) is 0 Å². The van der Waals surface area contributed by atoms with E-state index in [0.29, 0.717) is 25.3 Å². The largest absolute Gasteiger partial charge is 0.383 e. The van der Waals surface area contributed by atoms with Gasteiger partial charge in [-0.1, -0.05) is 42.5 Å². The van der Waals surface area contributed by atoms with Gasteiger partial charge in [-0.05, 0) is 60.9 Å². The van der Waals surface area contributed by atoms with Crippen LogP contribution in [0.5, 0.6) is 0 Å². The minimum absolute atomic E-state index is 0.0170. The van der Waals surface area contributed by atoms with E-state index in [2.05, 4.69) is 27.8 Å². The third kappa shape index (κ3) is 5.87. The highest BCUT2D eigenvalue weighted by atomic mass is 16.2. The molecule has 1 aromatic heterocycles. The molecule has 1 saturated heterocycles. The predicted octanol–water partition coefficient (Wildman–Crippen LogP) is 2.65. The molecule has 4 N–H and O–H groups in total. The summed E-state index contributed by atoms with van der Waals surface area (Å²) in [5.41, 5.74) is 8.14. The van der Waals surface area contributed by atoms with Gasteiger partial charge in [0.25, 0.3) is 0 Å². The molecule has 1 aliphatic rings. The number of benzene rings is 2. The lowest BCUT2D eigenvalue weighted by Crippen LogP contribution is -2.53. The minimum atomic E-state index is -0.414. The first-order valence-corrected chi connectivity index (χ1v) is 11.6. The molecule has 1 atom stereocenters. The highest BCUT2D eigenvalue weighted by Crippen LogP contribution is 2.21. The lowest BCUT2D eigenvalue weighted by molar-refractivity contribution is -0.141. The summed E-state index contributed by atoms with van der Waals surface area (Å²) in [6, 6.07) is 17.6. The lowest BCUT2D eigenvalue weighted by Gasteiger charge is -2.35. The number of nitrogen functional groups attached to an aromatic ring is 1. The van der Waals surface area contributed by atoms with Crippen molar-refractivity contribution < 1.29 is 9.59 Å². The molecule has 0 spiro atoms. The maximum Gasteiger partial charge on any atom is 0.243 e. The number of rotatable bonds is 8. The number of amides is 2. The quantitative estimate of drug-likeness (QED) is 0.463. The number of pyridine rings is 1. The van der Waals surface area contributed by atoms with Crippen LogP contribution in [0.4, 0.5) is 5.82 Å². The number of hydrogen-bond acceptors (Lipinski definition) is 5. The molecule has 1 aliphatic heterocycles. The molecule has 0 radical (unpaired) electrons. The predicted molar refractivity (Wildman–Crippen MR) is 130 cm³/mol. The molecule has 0 saturated carbocycles. The number of piperidine rings is 1. The SMILES string of the molecule is Nc1nccc2cc(CNC(=O)[C@@H]3CCCCN3C(=O)CNCCc3ccccc3)ccc12. The molecule has 33 heavy (non-hydrogen) atoms. The maximum absolute atomic E-state index is 13.0. The number of aromatic nitrogens is 1. The Labute approximate surface area is 194 Å². The van der Waals surface area contributed by atoms with Gasteiger partial charge in [-0.3, -0.25) is 9.59 Å². The summed E-state index contributed by atoms with van der Waals surface area (Å²) >= 11 is 0. The van der Waals surface area contributed by atoms with Gasteiger partial charge in [0.05, 0.1) is 6.54 Å². The van der Waals surface area contributed by atoms with E-state index in [9.17, 15) is 9.59 Å². The number of likely N-dealkylation sites (tertiary alicyclic amines) is 1. The van der Waals surface area contributed by atoms with E-state index < -0.39 is 6.04 Å². The molecule has 4 rings (SSSR count). The van der Waals surface area contributed by atoms with Crippen molar-refractivity contribution in [2.45, 2.75) is 38.3 Å². The van der Waals surface area contributed by atoms with E-state index in [0.717, 1.165) is 42.1 Å². The maximum atomic E-state index is 13.0. The van der Waals surface area contributed by atoms with Gasteiger partial charge >= 0.3 is 0 Å². The van der Waals surface area contributed by atoms with Gasteiger partial charge in [0, 0.05) is 24.7 Å². The first-order chi connectivity index (χ1) is 16.1. The molecule has 1 fully saturated rings.